The maximum absolute atomic E-state index is 5.98. The molecule has 0 aromatic carbocycles. The second kappa shape index (κ2) is 5.36. The van der Waals surface area contributed by atoms with Crippen LogP contribution in [0.2, 0.25) is 0 Å². The van der Waals surface area contributed by atoms with Crippen molar-refractivity contribution in [3.63, 3.8) is 0 Å². The number of hydrogen-bond donors (Lipinski definition) is 0. The molecule has 0 bridgehead atoms. The summed E-state index contributed by atoms with van der Waals surface area (Å²) < 4.78 is 7.77. The third-order valence-corrected chi connectivity index (χ3v) is 3.71. The van der Waals surface area contributed by atoms with Gasteiger partial charge in [0.25, 0.3) is 0 Å². The molecule has 1 fully saturated rings. The van der Waals surface area contributed by atoms with Gasteiger partial charge in [0, 0.05) is 25.1 Å². The summed E-state index contributed by atoms with van der Waals surface area (Å²) in [4.78, 5) is 11.3. The first-order chi connectivity index (χ1) is 9.63. The molecule has 0 unspecified atom stereocenters. The van der Waals surface area contributed by atoms with Gasteiger partial charge >= 0.3 is 6.01 Å². The summed E-state index contributed by atoms with van der Waals surface area (Å²) in [5.41, 5.74) is 0.798. The molecule has 1 aliphatic heterocycles. The van der Waals surface area contributed by atoms with E-state index in [2.05, 4.69) is 40.9 Å². The Hall–Kier alpha value is -1.69. The van der Waals surface area contributed by atoms with Crippen LogP contribution < -0.4 is 4.74 Å². The fraction of sp³-hybridized carbons (Fsp3) is 0.643. The number of ether oxygens (including phenoxy) is 1. The lowest BCUT2D eigenvalue weighted by atomic mass is 10.1. The molecule has 0 atom stereocenters. The third-order valence-electron chi connectivity index (χ3n) is 3.71. The highest BCUT2D eigenvalue weighted by Crippen LogP contribution is 2.19. The lowest BCUT2D eigenvalue weighted by Gasteiger charge is -2.28. The summed E-state index contributed by atoms with van der Waals surface area (Å²) in [6, 6.07) is 2.37. The molecular formula is C14H21N5O. The van der Waals surface area contributed by atoms with Gasteiger partial charge in [-0.1, -0.05) is 13.8 Å². The van der Waals surface area contributed by atoms with Crippen LogP contribution in [0.5, 0.6) is 6.01 Å². The minimum Gasteiger partial charge on any atom is -0.460 e. The molecule has 108 valence electrons. The molecular weight excluding hydrogens is 254 g/mol. The number of piperidine rings is 1. The summed E-state index contributed by atoms with van der Waals surface area (Å²) in [6.07, 6.45) is 4.02. The zero-order chi connectivity index (χ0) is 14.1. The van der Waals surface area contributed by atoms with E-state index in [1.807, 2.05) is 6.07 Å². The van der Waals surface area contributed by atoms with E-state index >= 15 is 0 Å². The highest BCUT2D eigenvalue weighted by molar-refractivity contribution is 5.37. The van der Waals surface area contributed by atoms with Crippen LogP contribution in [0, 0.1) is 0 Å². The van der Waals surface area contributed by atoms with Crippen molar-refractivity contribution in [2.45, 2.75) is 38.7 Å². The fourth-order valence-electron chi connectivity index (χ4n) is 2.50. The van der Waals surface area contributed by atoms with Crippen LogP contribution in [-0.2, 0) is 0 Å². The zero-order valence-electron chi connectivity index (χ0n) is 12.3. The fourth-order valence-corrected chi connectivity index (χ4v) is 2.50. The maximum Gasteiger partial charge on any atom is 0.320 e. The van der Waals surface area contributed by atoms with Crippen molar-refractivity contribution < 1.29 is 4.74 Å². The van der Waals surface area contributed by atoms with Crippen molar-refractivity contribution in [1.82, 2.24) is 24.5 Å². The molecule has 0 spiro atoms. The van der Waals surface area contributed by atoms with Gasteiger partial charge in [0.1, 0.15) is 11.9 Å². The Kier molecular flexibility index (Phi) is 3.56. The molecule has 0 amide bonds. The summed E-state index contributed by atoms with van der Waals surface area (Å²) in [5, 5.41) is 4.27. The Labute approximate surface area is 118 Å². The number of aromatic nitrogens is 4. The first-order valence-electron chi connectivity index (χ1n) is 7.20. The van der Waals surface area contributed by atoms with E-state index in [-0.39, 0.29) is 12.0 Å². The van der Waals surface area contributed by atoms with E-state index in [0.29, 0.717) is 6.01 Å². The monoisotopic (exact) mass is 275 g/mol. The SMILES string of the molecule is CC(C)c1nc(OC2CCN(C)CC2)nc2ccnn12. The first kappa shape index (κ1) is 13.3. The van der Waals surface area contributed by atoms with Gasteiger partial charge in [-0.2, -0.15) is 15.1 Å². The average molecular weight is 275 g/mol. The molecule has 6 heteroatoms. The summed E-state index contributed by atoms with van der Waals surface area (Å²) in [6.45, 7) is 6.33. The molecule has 20 heavy (non-hydrogen) atoms. The van der Waals surface area contributed by atoms with Crippen LogP contribution in [0.25, 0.3) is 5.65 Å². The predicted molar refractivity (Wildman–Crippen MR) is 76.0 cm³/mol. The number of rotatable bonds is 3. The normalized spacial score (nSPS) is 18.0. The Morgan fingerprint density at radius 1 is 1.25 bits per heavy atom. The molecule has 0 aliphatic carbocycles. The van der Waals surface area contributed by atoms with Crippen LogP contribution in [0.15, 0.2) is 12.3 Å². The summed E-state index contributed by atoms with van der Waals surface area (Å²) in [5.74, 6) is 1.17. The van der Waals surface area contributed by atoms with Crippen LogP contribution >= 0.6 is 0 Å². The lowest BCUT2D eigenvalue weighted by molar-refractivity contribution is 0.105. The van der Waals surface area contributed by atoms with Crippen molar-refractivity contribution in [2.24, 2.45) is 0 Å². The van der Waals surface area contributed by atoms with E-state index in [1.54, 1.807) is 10.7 Å². The summed E-state index contributed by atoms with van der Waals surface area (Å²) >= 11 is 0. The van der Waals surface area contributed by atoms with Crippen molar-refractivity contribution >= 4 is 5.65 Å². The van der Waals surface area contributed by atoms with Crippen LogP contribution in [0.3, 0.4) is 0 Å². The smallest absolute Gasteiger partial charge is 0.320 e. The van der Waals surface area contributed by atoms with E-state index in [0.717, 1.165) is 37.4 Å². The van der Waals surface area contributed by atoms with Crippen LogP contribution in [0.4, 0.5) is 0 Å². The topological polar surface area (TPSA) is 55.5 Å². The lowest BCUT2D eigenvalue weighted by Crippen LogP contribution is -2.36. The van der Waals surface area contributed by atoms with E-state index in [4.69, 9.17) is 4.74 Å². The Morgan fingerprint density at radius 3 is 2.70 bits per heavy atom. The maximum atomic E-state index is 5.98. The van der Waals surface area contributed by atoms with Crippen molar-refractivity contribution in [3.8, 4) is 6.01 Å². The molecule has 0 saturated carbocycles. The number of likely N-dealkylation sites (tertiary alicyclic amines) is 1. The highest BCUT2D eigenvalue weighted by atomic mass is 16.5. The average Bonchev–Trinajstić information content (AvgIpc) is 2.88. The van der Waals surface area contributed by atoms with Gasteiger partial charge < -0.3 is 9.64 Å². The van der Waals surface area contributed by atoms with Gasteiger partial charge in [-0.3, -0.25) is 0 Å². The quantitative estimate of drug-likeness (QED) is 0.853. The minimum atomic E-state index is 0.219. The Bertz CT molecular complexity index is 586. The van der Waals surface area contributed by atoms with Crippen molar-refractivity contribution in [3.05, 3.63) is 18.1 Å². The standard InChI is InChI=1S/C14H21N5O/c1-10(2)13-17-14(16-12-4-7-15-19(12)13)20-11-5-8-18(3)9-6-11/h4,7,10-11H,5-6,8-9H2,1-3H3. The molecule has 2 aromatic heterocycles. The van der Waals surface area contributed by atoms with Crippen LogP contribution in [-0.4, -0.2) is 50.7 Å². The van der Waals surface area contributed by atoms with Gasteiger partial charge in [0.2, 0.25) is 0 Å². The van der Waals surface area contributed by atoms with Crippen LogP contribution in [0.1, 0.15) is 38.4 Å². The van der Waals surface area contributed by atoms with Gasteiger partial charge in [-0.15, -0.1) is 0 Å². The van der Waals surface area contributed by atoms with Gasteiger partial charge in [-0.25, -0.2) is 4.52 Å². The zero-order valence-corrected chi connectivity index (χ0v) is 12.3. The third kappa shape index (κ3) is 2.60. The summed E-state index contributed by atoms with van der Waals surface area (Å²) in [7, 11) is 2.14. The van der Waals surface area contributed by atoms with E-state index in [1.165, 1.54) is 0 Å². The molecule has 6 nitrogen and oxygen atoms in total. The minimum absolute atomic E-state index is 0.219. The molecule has 0 radical (unpaired) electrons. The van der Waals surface area contributed by atoms with Gasteiger partial charge in [0.15, 0.2) is 5.65 Å². The van der Waals surface area contributed by atoms with E-state index in [9.17, 15) is 0 Å². The molecule has 0 N–H and O–H groups in total. The molecule has 2 aromatic rings. The number of nitrogens with zero attached hydrogens (tertiary/aromatic N) is 5. The molecule has 3 heterocycles. The van der Waals surface area contributed by atoms with E-state index < -0.39 is 0 Å². The van der Waals surface area contributed by atoms with Gasteiger partial charge in [-0.05, 0) is 19.9 Å². The Morgan fingerprint density at radius 2 is 2.00 bits per heavy atom. The predicted octanol–water partition coefficient (Wildman–Crippen LogP) is 1.72. The van der Waals surface area contributed by atoms with Crippen molar-refractivity contribution in [1.29, 1.82) is 0 Å². The van der Waals surface area contributed by atoms with Crippen molar-refractivity contribution in [2.75, 3.05) is 20.1 Å². The largest absolute Gasteiger partial charge is 0.460 e. The molecule has 1 saturated heterocycles. The molecule has 1 aliphatic rings. The second-order valence-corrected chi connectivity index (χ2v) is 5.74. The highest BCUT2D eigenvalue weighted by Gasteiger charge is 2.20. The first-order valence-corrected chi connectivity index (χ1v) is 7.20. The van der Waals surface area contributed by atoms with Gasteiger partial charge in [0.05, 0.1) is 6.20 Å². The number of fused-ring (bicyclic) bond motifs is 1. The number of hydrogen-bond acceptors (Lipinski definition) is 5. The second-order valence-electron chi connectivity index (χ2n) is 5.74. The Balaban J connectivity index is 1.84. The molecule has 3 rings (SSSR count).